The molecule has 8 heteroatoms. The summed E-state index contributed by atoms with van der Waals surface area (Å²) in [5.74, 6) is -0.126. The zero-order chi connectivity index (χ0) is 18.9. The minimum absolute atomic E-state index is 0.107. The highest BCUT2D eigenvalue weighted by atomic mass is 19.4. The van der Waals surface area contributed by atoms with Crippen LogP contribution in [0.1, 0.15) is 29.5 Å². The highest BCUT2D eigenvalue weighted by molar-refractivity contribution is 5.76. The molecule has 1 fully saturated rings. The predicted molar refractivity (Wildman–Crippen MR) is 88.1 cm³/mol. The number of carbonyl (C=O) groups excluding carboxylic acids is 1. The number of aliphatic hydroxyl groups is 1. The van der Waals surface area contributed by atoms with Crippen molar-refractivity contribution < 1.29 is 23.1 Å². The van der Waals surface area contributed by atoms with Gasteiger partial charge in [-0.15, -0.1) is 0 Å². The lowest BCUT2D eigenvalue weighted by Crippen LogP contribution is -2.46. The maximum absolute atomic E-state index is 12.9. The van der Waals surface area contributed by atoms with Crippen molar-refractivity contribution in [1.82, 2.24) is 14.7 Å². The maximum Gasteiger partial charge on any atom is 0.416 e. The Morgan fingerprint density at radius 2 is 2.00 bits per heavy atom. The fourth-order valence-corrected chi connectivity index (χ4v) is 3.19. The molecule has 0 bridgehead atoms. The number of alkyl halides is 3. The van der Waals surface area contributed by atoms with Crippen molar-refractivity contribution in [3.8, 4) is 0 Å². The molecular formula is C18H20F3N3O2. The minimum atomic E-state index is -4.45. The lowest BCUT2D eigenvalue weighted by Gasteiger charge is -2.38. The molecule has 0 aliphatic carbocycles. The van der Waals surface area contributed by atoms with Gasteiger partial charge in [0.25, 0.3) is 0 Å². The summed E-state index contributed by atoms with van der Waals surface area (Å²) in [6.07, 6.45) is -0.641. The SMILES string of the molecule is Cc1cnn(CC(=O)N2CCC(O)(c3cccc(C(F)(F)F)c3)CC2)c1. The molecule has 1 aromatic carbocycles. The topological polar surface area (TPSA) is 58.4 Å². The first kappa shape index (κ1) is 18.4. The molecule has 0 spiro atoms. The molecule has 0 atom stereocenters. The van der Waals surface area contributed by atoms with Crippen LogP contribution in [-0.4, -0.2) is 38.8 Å². The van der Waals surface area contributed by atoms with E-state index in [9.17, 15) is 23.1 Å². The van der Waals surface area contributed by atoms with Crippen LogP contribution in [0.2, 0.25) is 0 Å². The molecule has 1 aromatic heterocycles. The first-order chi connectivity index (χ1) is 12.2. The fraction of sp³-hybridized carbons (Fsp3) is 0.444. The van der Waals surface area contributed by atoms with E-state index in [0.29, 0.717) is 0 Å². The quantitative estimate of drug-likeness (QED) is 0.908. The van der Waals surface area contributed by atoms with E-state index in [1.54, 1.807) is 22.0 Å². The number of rotatable bonds is 3. The molecule has 26 heavy (non-hydrogen) atoms. The van der Waals surface area contributed by atoms with Gasteiger partial charge >= 0.3 is 6.18 Å². The predicted octanol–water partition coefficient (Wildman–Crippen LogP) is 2.72. The van der Waals surface area contributed by atoms with Gasteiger partial charge in [-0.2, -0.15) is 18.3 Å². The average Bonchev–Trinajstić information content (AvgIpc) is 2.99. The minimum Gasteiger partial charge on any atom is -0.385 e. The van der Waals surface area contributed by atoms with Crippen molar-refractivity contribution in [2.75, 3.05) is 13.1 Å². The van der Waals surface area contributed by atoms with E-state index < -0.39 is 17.3 Å². The summed E-state index contributed by atoms with van der Waals surface area (Å²) in [6.45, 7) is 2.55. The summed E-state index contributed by atoms with van der Waals surface area (Å²) in [5, 5.41) is 14.9. The molecule has 1 N–H and O–H groups in total. The summed E-state index contributed by atoms with van der Waals surface area (Å²) in [6, 6.07) is 4.77. The highest BCUT2D eigenvalue weighted by Crippen LogP contribution is 2.36. The van der Waals surface area contributed by atoms with Crippen LogP contribution in [0.4, 0.5) is 13.2 Å². The van der Waals surface area contributed by atoms with Gasteiger partial charge in [-0.05, 0) is 43.0 Å². The Hall–Kier alpha value is -2.35. The second-order valence-corrected chi connectivity index (χ2v) is 6.71. The second kappa shape index (κ2) is 6.75. The smallest absolute Gasteiger partial charge is 0.385 e. The van der Waals surface area contributed by atoms with Crippen molar-refractivity contribution in [1.29, 1.82) is 0 Å². The van der Waals surface area contributed by atoms with Crippen LogP contribution < -0.4 is 0 Å². The molecule has 1 aliphatic rings. The number of nitrogens with zero attached hydrogens (tertiary/aromatic N) is 3. The van der Waals surface area contributed by atoms with Gasteiger partial charge in [-0.3, -0.25) is 9.48 Å². The van der Waals surface area contributed by atoms with Crippen molar-refractivity contribution in [2.45, 2.75) is 38.1 Å². The monoisotopic (exact) mass is 367 g/mol. The number of hydrogen-bond donors (Lipinski definition) is 1. The molecule has 1 amide bonds. The van der Waals surface area contributed by atoms with Gasteiger partial charge in [0.2, 0.25) is 5.91 Å². The first-order valence-electron chi connectivity index (χ1n) is 8.34. The maximum atomic E-state index is 12.9. The highest BCUT2D eigenvalue weighted by Gasteiger charge is 2.37. The Balaban J connectivity index is 1.66. The molecule has 0 saturated carbocycles. The third-order valence-corrected chi connectivity index (χ3v) is 4.73. The summed E-state index contributed by atoms with van der Waals surface area (Å²) >= 11 is 0. The molecule has 2 heterocycles. The van der Waals surface area contributed by atoms with Crippen molar-refractivity contribution in [2.24, 2.45) is 0 Å². The number of hydrogen-bond acceptors (Lipinski definition) is 3. The number of aromatic nitrogens is 2. The third-order valence-electron chi connectivity index (χ3n) is 4.73. The number of aryl methyl sites for hydroxylation is 1. The van der Waals surface area contributed by atoms with Gasteiger partial charge in [0, 0.05) is 19.3 Å². The molecule has 0 unspecified atom stereocenters. The zero-order valence-electron chi connectivity index (χ0n) is 14.3. The summed E-state index contributed by atoms with van der Waals surface area (Å²) in [7, 11) is 0. The number of carbonyl (C=O) groups is 1. The van der Waals surface area contributed by atoms with Gasteiger partial charge in [0.1, 0.15) is 6.54 Å². The standard InChI is InChI=1S/C18H20F3N3O2/c1-13-10-22-24(11-13)12-16(25)23-7-5-17(26,6-8-23)14-3-2-4-15(9-14)18(19,20)21/h2-4,9-11,26H,5-8,12H2,1H3. The molecule has 5 nitrogen and oxygen atoms in total. The van der Waals surface area contributed by atoms with Crippen molar-refractivity contribution in [3.63, 3.8) is 0 Å². The van der Waals surface area contributed by atoms with Crippen LogP contribution in [0.5, 0.6) is 0 Å². The largest absolute Gasteiger partial charge is 0.416 e. The number of amides is 1. The molecule has 1 saturated heterocycles. The number of halogens is 3. The van der Waals surface area contributed by atoms with Crippen molar-refractivity contribution in [3.05, 3.63) is 53.3 Å². The van der Waals surface area contributed by atoms with Gasteiger partial charge in [-0.1, -0.05) is 12.1 Å². The number of likely N-dealkylation sites (tertiary alicyclic amines) is 1. The molecule has 3 rings (SSSR count). The van der Waals surface area contributed by atoms with Gasteiger partial charge in [0.05, 0.1) is 17.4 Å². The fourth-order valence-electron chi connectivity index (χ4n) is 3.19. The third kappa shape index (κ3) is 3.90. The van der Waals surface area contributed by atoms with Gasteiger partial charge in [0.15, 0.2) is 0 Å². The Morgan fingerprint density at radius 1 is 1.31 bits per heavy atom. The average molecular weight is 367 g/mol. The number of piperidine rings is 1. The van der Waals surface area contributed by atoms with Crippen LogP contribution >= 0.6 is 0 Å². The number of benzene rings is 1. The van der Waals surface area contributed by atoms with Crippen LogP contribution in [0, 0.1) is 6.92 Å². The Kier molecular flexibility index (Phi) is 4.79. The van der Waals surface area contributed by atoms with E-state index in [4.69, 9.17) is 0 Å². The van der Waals surface area contributed by atoms with Crippen LogP contribution in [0.25, 0.3) is 0 Å². The lowest BCUT2D eigenvalue weighted by atomic mass is 9.83. The van der Waals surface area contributed by atoms with E-state index in [2.05, 4.69) is 5.10 Å². The van der Waals surface area contributed by atoms with E-state index in [0.717, 1.165) is 17.7 Å². The van der Waals surface area contributed by atoms with E-state index in [1.807, 2.05) is 6.92 Å². The molecule has 0 radical (unpaired) electrons. The molecule has 2 aromatic rings. The summed E-state index contributed by atoms with van der Waals surface area (Å²) in [5.41, 5.74) is -0.950. The lowest BCUT2D eigenvalue weighted by molar-refractivity contribution is -0.137. The van der Waals surface area contributed by atoms with E-state index >= 15 is 0 Å². The van der Waals surface area contributed by atoms with Crippen molar-refractivity contribution >= 4 is 5.91 Å². The zero-order valence-corrected chi connectivity index (χ0v) is 14.3. The van der Waals surface area contributed by atoms with Crippen LogP contribution in [0.15, 0.2) is 36.7 Å². The van der Waals surface area contributed by atoms with E-state index in [1.165, 1.54) is 12.1 Å². The van der Waals surface area contributed by atoms with Gasteiger partial charge in [-0.25, -0.2) is 0 Å². The van der Waals surface area contributed by atoms with Gasteiger partial charge < -0.3 is 10.0 Å². The molecular weight excluding hydrogens is 347 g/mol. The molecule has 140 valence electrons. The Labute approximate surface area is 149 Å². The van der Waals surface area contributed by atoms with E-state index in [-0.39, 0.29) is 43.9 Å². The first-order valence-corrected chi connectivity index (χ1v) is 8.34. The van der Waals surface area contributed by atoms with Crippen LogP contribution in [-0.2, 0) is 23.1 Å². The molecule has 1 aliphatic heterocycles. The normalized spacial score (nSPS) is 17.3. The van der Waals surface area contributed by atoms with Crippen LogP contribution in [0.3, 0.4) is 0 Å². The summed E-state index contributed by atoms with van der Waals surface area (Å²) < 4.78 is 40.2. The Morgan fingerprint density at radius 3 is 2.58 bits per heavy atom. The summed E-state index contributed by atoms with van der Waals surface area (Å²) in [4.78, 5) is 14.0. The second-order valence-electron chi connectivity index (χ2n) is 6.71. The Bertz CT molecular complexity index is 793.